The van der Waals surface area contributed by atoms with Gasteiger partial charge in [-0.2, -0.15) is 11.8 Å². The number of rotatable bonds is 11. The van der Waals surface area contributed by atoms with Crippen LogP contribution in [0.2, 0.25) is 0 Å². The molecule has 10 nitrogen and oxygen atoms in total. The van der Waals surface area contributed by atoms with Crippen molar-refractivity contribution in [2.45, 2.75) is 51.6 Å². The number of aliphatic carboxylic acids is 3. The lowest BCUT2D eigenvalue weighted by molar-refractivity contribution is -0.139. The molecule has 1 aromatic carbocycles. The average molecular weight is 524 g/mol. The van der Waals surface area contributed by atoms with Crippen molar-refractivity contribution in [1.82, 2.24) is 5.32 Å². The van der Waals surface area contributed by atoms with Crippen molar-refractivity contribution < 1.29 is 34.5 Å². The van der Waals surface area contributed by atoms with Gasteiger partial charge in [-0.3, -0.25) is 19.2 Å². The van der Waals surface area contributed by atoms with E-state index in [4.69, 9.17) is 38.4 Å². The van der Waals surface area contributed by atoms with Gasteiger partial charge in [-0.25, -0.2) is 0 Å². The number of carbonyl (C=O) groups is 4. The number of nitrogens with one attached hydrogen (secondary N) is 1. The lowest BCUT2D eigenvalue weighted by Gasteiger charge is -2.04. The van der Waals surface area contributed by atoms with E-state index in [-0.39, 0.29) is 12.5 Å². The van der Waals surface area contributed by atoms with Crippen LogP contribution in [0.1, 0.15) is 38.7 Å². The van der Waals surface area contributed by atoms with Gasteiger partial charge in [0.05, 0.1) is 0 Å². The highest BCUT2D eigenvalue weighted by Crippen LogP contribution is 2.01. The molecule has 2 unspecified atom stereocenters. The van der Waals surface area contributed by atoms with E-state index in [9.17, 15) is 19.2 Å². The molecule has 0 spiro atoms. The van der Waals surface area contributed by atoms with E-state index in [1.165, 1.54) is 13.3 Å². The standard InChI is InChI=1S/C9H11NO2.C5H11NO2S.C4H9Cl.C4H7NO3/c10-8(9(11)12)6-7-4-2-1-3-5-7;1-9-3-2-4(6)5(7)8;1-2-3-4-5;1-3(6)5-2-4(7)8/h1-5,8H,6,10H2,(H,11,12);4H,2-3,6H2,1H3,(H,7,8);2-4H2,1H3;2H2,1H3,(H,5,6)(H,7,8). The number of thioether (sulfide) groups is 1. The zero-order valence-electron chi connectivity index (χ0n) is 19.9. The molecule has 0 saturated carbocycles. The van der Waals surface area contributed by atoms with Gasteiger partial charge in [0.2, 0.25) is 5.91 Å². The first-order valence-electron chi connectivity index (χ1n) is 10.4. The van der Waals surface area contributed by atoms with E-state index >= 15 is 0 Å². The summed E-state index contributed by atoms with van der Waals surface area (Å²) < 4.78 is 0. The lowest BCUT2D eigenvalue weighted by Crippen LogP contribution is -2.32. The minimum Gasteiger partial charge on any atom is -0.480 e. The molecule has 0 bridgehead atoms. The zero-order chi connectivity index (χ0) is 26.9. The van der Waals surface area contributed by atoms with Gasteiger partial charge in [0.15, 0.2) is 0 Å². The van der Waals surface area contributed by atoms with Gasteiger partial charge < -0.3 is 32.1 Å². The highest BCUT2D eigenvalue weighted by Gasteiger charge is 2.11. The summed E-state index contributed by atoms with van der Waals surface area (Å²) in [6.07, 6.45) is 5.23. The highest BCUT2D eigenvalue weighted by atomic mass is 35.5. The van der Waals surface area contributed by atoms with Gasteiger partial charge in [0.1, 0.15) is 18.6 Å². The second kappa shape index (κ2) is 25.3. The van der Waals surface area contributed by atoms with E-state index in [0.29, 0.717) is 12.8 Å². The van der Waals surface area contributed by atoms with Crippen molar-refractivity contribution in [1.29, 1.82) is 0 Å². The molecule has 1 amide bonds. The van der Waals surface area contributed by atoms with Gasteiger partial charge in [-0.1, -0.05) is 43.7 Å². The minimum absolute atomic E-state index is 0.296. The summed E-state index contributed by atoms with van der Waals surface area (Å²) in [5.74, 6) is -1.60. The van der Waals surface area contributed by atoms with Crippen LogP contribution in [-0.4, -0.2) is 75.7 Å². The summed E-state index contributed by atoms with van der Waals surface area (Å²) in [6.45, 7) is 3.10. The zero-order valence-corrected chi connectivity index (χ0v) is 21.5. The molecule has 0 aliphatic rings. The molecule has 196 valence electrons. The van der Waals surface area contributed by atoms with Crippen molar-refractivity contribution in [3.8, 4) is 0 Å². The fraction of sp³-hybridized carbons (Fsp3) is 0.545. The Labute approximate surface area is 210 Å². The number of carboxylic acids is 3. The third kappa shape index (κ3) is 29.7. The second-order valence-electron chi connectivity index (χ2n) is 6.71. The topological polar surface area (TPSA) is 193 Å². The molecule has 0 saturated heterocycles. The third-order valence-corrected chi connectivity index (χ3v) is 4.45. The van der Waals surface area contributed by atoms with E-state index in [1.807, 2.05) is 36.6 Å². The fourth-order valence-corrected chi connectivity index (χ4v) is 2.41. The number of carboxylic acid groups (broad SMARTS) is 3. The molecule has 0 aliphatic heterocycles. The minimum atomic E-state index is -1.03. The number of hydrogen-bond acceptors (Lipinski definition) is 7. The van der Waals surface area contributed by atoms with Gasteiger partial charge in [-0.05, 0) is 36.8 Å². The molecule has 0 radical (unpaired) electrons. The SMILES string of the molecule is CC(=O)NCC(=O)O.CCCCCl.CSCCC(N)C(=O)O.NC(Cc1ccccc1)C(=O)O. The molecule has 1 aromatic rings. The summed E-state index contributed by atoms with van der Waals surface area (Å²) in [7, 11) is 0. The highest BCUT2D eigenvalue weighted by molar-refractivity contribution is 7.98. The Bertz CT molecular complexity index is 666. The van der Waals surface area contributed by atoms with Crippen LogP contribution in [0.3, 0.4) is 0 Å². The summed E-state index contributed by atoms with van der Waals surface area (Å²) in [5.41, 5.74) is 11.5. The smallest absolute Gasteiger partial charge is 0.322 e. The van der Waals surface area contributed by atoms with Crippen molar-refractivity contribution in [2.75, 3.05) is 24.4 Å². The van der Waals surface area contributed by atoms with Crippen LogP contribution in [-0.2, 0) is 25.6 Å². The van der Waals surface area contributed by atoms with Crippen LogP contribution in [0.4, 0.5) is 0 Å². The van der Waals surface area contributed by atoms with E-state index in [0.717, 1.165) is 23.6 Å². The third-order valence-electron chi connectivity index (χ3n) is 3.54. The van der Waals surface area contributed by atoms with Crippen molar-refractivity contribution in [3.05, 3.63) is 35.9 Å². The molecule has 0 fully saturated rings. The largest absolute Gasteiger partial charge is 0.480 e. The number of benzene rings is 1. The number of nitrogens with two attached hydrogens (primary N) is 2. The molecule has 12 heteroatoms. The number of carbonyl (C=O) groups excluding carboxylic acids is 1. The molecular formula is C22H38ClN3O7S. The van der Waals surface area contributed by atoms with E-state index < -0.39 is 30.0 Å². The van der Waals surface area contributed by atoms with E-state index in [1.54, 1.807) is 11.8 Å². The summed E-state index contributed by atoms with van der Waals surface area (Å²) in [6, 6.07) is 7.86. The fourth-order valence-electron chi connectivity index (χ4n) is 1.66. The van der Waals surface area contributed by atoms with Crippen LogP contribution >= 0.6 is 23.4 Å². The first-order chi connectivity index (χ1) is 15.9. The molecule has 34 heavy (non-hydrogen) atoms. The Kier molecular flexibility index (Phi) is 26.9. The first kappa shape index (κ1) is 36.2. The normalized spacial score (nSPS) is 11.0. The predicted molar refractivity (Wildman–Crippen MR) is 136 cm³/mol. The van der Waals surface area contributed by atoms with Gasteiger partial charge in [0.25, 0.3) is 0 Å². The molecule has 0 aliphatic carbocycles. The van der Waals surface area contributed by atoms with E-state index in [2.05, 4.69) is 12.2 Å². The second-order valence-corrected chi connectivity index (χ2v) is 8.07. The Hall–Kier alpha value is -2.34. The van der Waals surface area contributed by atoms with Crippen molar-refractivity contribution in [2.24, 2.45) is 11.5 Å². The maximum absolute atomic E-state index is 10.4. The van der Waals surface area contributed by atoms with Crippen molar-refractivity contribution >= 4 is 47.2 Å². The average Bonchev–Trinajstić information content (AvgIpc) is 2.78. The number of halogens is 1. The molecule has 0 aromatic heterocycles. The lowest BCUT2D eigenvalue weighted by atomic mass is 10.1. The van der Waals surface area contributed by atoms with Crippen LogP contribution in [0.25, 0.3) is 0 Å². The van der Waals surface area contributed by atoms with Crippen LogP contribution in [0, 0.1) is 0 Å². The predicted octanol–water partition coefficient (Wildman–Crippen LogP) is 2.02. The summed E-state index contributed by atoms with van der Waals surface area (Å²) in [4.78, 5) is 40.1. The van der Waals surface area contributed by atoms with Crippen LogP contribution in [0.15, 0.2) is 30.3 Å². The van der Waals surface area contributed by atoms with Gasteiger partial charge in [-0.15, -0.1) is 11.6 Å². The summed E-state index contributed by atoms with van der Waals surface area (Å²) in [5, 5.41) is 26.8. The quantitative estimate of drug-likeness (QED) is 0.233. The monoisotopic (exact) mass is 523 g/mol. The molecule has 0 heterocycles. The van der Waals surface area contributed by atoms with Crippen molar-refractivity contribution in [3.63, 3.8) is 0 Å². The molecule has 1 rings (SSSR count). The first-order valence-corrected chi connectivity index (χ1v) is 12.4. The Morgan fingerprint density at radius 3 is 1.85 bits per heavy atom. The molecule has 8 N–H and O–H groups in total. The summed E-state index contributed by atoms with van der Waals surface area (Å²) >= 11 is 6.91. The number of hydrogen-bond donors (Lipinski definition) is 6. The molecule has 2 atom stereocenters. The Balaban J connectivity index is -0.000000395. The maximum atomic E-state index is 10.4. The van der Waals surface area contributed by atoms with Gasteiger partial charge in [0, 0.05) is 12.8 Å². The Morgan fingerprint density at radius 2 is 1.56 bits per heavy atom. The Morgan fingerprint density at radius 1 is 1.03 bits per heavy atom. The number of unbranched alkanes of at least 4 members (excludes halogenated alkanes) is 1. The van der Waals surface area contributed by atoms with Crippen LogP contribution < -0.4 is 16.8 Å². The van der Waals surface area contributed by atoms with Gasteiger partial charge >= 0.3 is 17.9 Å². The molecular weight excluding hydrogens is 486 g/mol. The number of amides is 1. The number of alkyl halides is 1. The van der Waals surface area contributed by atoms with Crippen LogP contribution in [0.5, 0.6) is 0 Å². The maximum Gasteiger partial charge on any atom is 0.322 e.